The van der Waals surface area contributed by atoms with E-state index in [1.54, 1.807) is 13.0 Å². The third kappa shape index (κ3) is 4.48. The molecule has 0 aliphatic carbocycles. The fraction of sp³-hybridized carbons (Fsp3) is 0.353. The molecule has 0 fully saturated rings. The molecule has 1 aromatic carbocycles. The first-order valence-corrected chi connectivity index (χ1v) is 9.38. The number of esters is 1. The maximum atomic E-state index is 12.3. The van der Waals surface area contributed by atoms with E-state index in [1.165, 1.54) is 6.92 Å². The van der Waals surface area contributed by atoms with E-state index in [0.29, 0.717) is 5.69 Å². The predicted octanol–water partition coefficient (Wildman–Crippen LogP) is 1.71. The van der Waals surface area contributed by atoms with Gasteiger partial charge in [-0.3, -0.25) is 4.79 Å². The van der Waals surface area contributed by atoms with Crippen LogP contribution in [0.2, 0.25) is 0 Å². The number of benzene rings is 1. The van der Waals surface area contributed by atoms with Gasteiger partial charge in [-0.2, -0.15) is 8.42 Å². The van der Waals surface area contributed by atoms with Crippen molar-refractivity contribution in [3.8, 4) is 0 Å². The molecule has 0 saturated carbocycles. The van der Waals surface area contributed by atoms with Gasteiger partial charge in [-0.25, -0.2) is 9.10 Å². The summed E-state index contributed by atoms with van der Waals surface area (Å²) in [7, 11) is -4.08. The normalized spacial score (nSPS) is 15.8. The smallest absolute Gasteiger partial charge is 0.344 e. The quantitative estimate of drug-likeness (QED) is 0.784. The van der Waals surface area contributed by atoms with Crippen LogP contribution in [0.1, 0.15) is 25.0 Å². The van der Waals surface area contributed by atoms with Gasteiger partial charge in [0.25, 0.3) is 0 Å². The lowest BCUT2D eigenvalue weighted by atomic mass is 10.1. The molecular weight excluding hydrogens is 358 g/mol. The van der Waals surface area contributed by atoms with Crippen molar-refractivity contribution in [1.29, 1.82) is 0 Å². The van der Waals surface area contributed by atoms with Gasteiger partial charge < -0.3 is 10.1 Å². The lowest BCUT2D eigenvalue weighted by Gasteiger charge is -2.23. The highest BCUT2D eigenvalue weighted by Crippen LogP contribution is 2.19. The molecule has 0 spiro atoms. The van der Waals surface area contributed by atoms with Crippen LogP contribution in [-0.4, -0.2) is 43.5 Å². The zero-order valence-corrected chi connectivity index (χ0v) is 15.9. The average Bonchev–Trinajstić information content (AvgIpc) is 2.53. The minimum Gasteiger partial charge on any atom is -0.462 e. The van der Waals surface area contributed by atoms with Crippen LogP contribution in [0.5, 0.6) is 0 Å². The van der Waals surface area contributed by atoms with E-state index in [4.69, 9.17) is 4.74 Å². The highest BCUT2D eigenvalue weighted by Gasteiger charge is 2.30. The summed E-state index contributed by atoms with van der Waals surface area (Å²) in [5.41, 5.74) is 2.43. The molecule has 1 N–H and O–H groups in total. The Morgan fingerprint density at radius 2 is 1.92 bits per heavy atom. The van der Waals surface area contributed by atoms with Gasteiger partial charge in [0, 0.05) is 11.9 Å². The van der Waals surface area contributed by atoms with Crippen molar-refractivity contribution in [3.05, 3.63) is 41.1 Å². The molecule has 1 heterocycles. The number of rotatable bonds is 5. The number of anilines is 1. The fourth-order valence-electron chi connectivity index (χ4n) is 2.32. The minimum absolute atomic E-state index is 0.00112. The monoisotopic (exact) mass is 379 g/mol. The molecule has 0 atom stereocenters. The second-order valence-corrected chi connectivity index (χ2v) is 7.38. The van der Waals surface area contributed by atoms with Crippen LogP contribution < -0.4 is 5.32 Å². The molecule has 0 saturated heterocycles. The summed E-state index contributed by atoms with van der Waals surface area (Å²) < 4.78 is 33.5. The first kappa shape index (κ1) is 19.6. The van der Waals surface area contributed by atoms with E-state index in [9.17, 15) is 18.0 Å². The van der Waals surface area contributed by atoms with Crippen molar-refractivity contribution in [2.24, 2.45) is 4.40 Å². The van der Waals surface area contributed by atoms with Crippen molar-refractivity contribution >= 4 is 33.5 Å². The second kappa shape index (κ2) is 7.69. The molecule has 0 radical (unpaired) electrons. The van der Waals surface area contributed by atoms with Crippen molar-refractivity contribution in [3.63, 3.8) is 0 Å². The Balaban J connectivity index is 2.21. The van der Waals surface area contributed by atoms with Crippen LogP contribution in [0.25, 0.3) is 0 Å². The third-order valence-corrected chi connectivity index (χ3v) is 5.01. The van der Waals surface area contributed by atoms with E-state index >= 15 is 0 Å². The van der Waals surface area contributed by atoms with Crippen LogP contribution in [0, 0.1) is 13.8 Å². The van der Waals surface area contributed by atoms with Crippen molar-refractivity contribution in [2.75, 3.05) is 18.5 Å². The maximum absolute atomic E-state index is 12.3. The zero-order valence-electron chi connectivity index (χ0n) is 15.1. The Labute approximate surface area is 152 Å². The molecule has 26 heavy (non-hydrogen) atoms. The van der Waals surface area contributed by atoms with Crippen molar-refractivity contribution in [2.45, 2.75) is 27.7 Å². The van der Waals surface area contributed by atoms with Crippen LogP contribution in [-0.2, 0) is 24.5 Å². The van der Waals surface area contributed by atoms with E-state index in [0.717, 1.165) is 21.6 Å². The molecule has 1 aliphatic heterocycles. The second-order valence-electron chi connectivity index (χ2n) is 5.83. The Morgan fingerprint density at radius 1 is 1.23 bits per heavy atom. The number of amides is 1. The molecular formula is C17H21N3O5S. The number of nitrogens with one attached hydrogen (secondary N) is 1. The highest BCUT2D eigenvalue weighted by molar-refractivity contribution is 7.88. The fourth-order valence-corrected chi connectivity index (χ4v) is 3.39. The largest absolute Gasteiger partial charge is 0.462 e. The highest BCUT2D eigenvalue weighted by atomic mass is 32.2. The maximum Gasteiger partial charge on any atom is 0.344 e. The third-order valence-electron chi connectivity index (χ3n) is 3.67. The van der Waals surface area contributed by atoms with Crippen molar-refractivity contribution < 1.29 is 22.7 Å². The standard InChI is InChI=1S/C17H21N3O5S/c1-5-25-17(22)14-9-20(26(23,24)19-13(14)4)10-16(21)18-15-8-11(2)6-7-12(15)3/h6-9H,5,10H2,1-4H3,(H,18,21). The number of hydrogen-bond donors (Lipinski definition) is 1. The van der Waals surface area contributed by atoms with Crippen LogP contribution >= 0.6 is 0 Å². The molecule has 9 heteroatoms. The number of carbonyl (C=O) groups excluding carboxylic acids is 2. The number of carbonyl (C=O) groups is 2. The first-order chi connectivity index (χ1) is 12.1. The zero-order chi connectivity index (χ0) is 19.5. The van der Waals surface area contributed by atoms with Gasteiger partial charge >= 0.3 is 16.2 Å². The number of nitrogens with zero attached hydrogens (tertiary/aromatic N) is 2. The number of aryl methyl sites for hydroxylation is 2. The molecule has 8 nitrogen and oxygen atoms in total. The lowest BCUT2D eigenvalue weighted by molar-refractivity contribution is -0.138. The van der Waals surface area contributed by atoms with Crippen LogP contribution in [0.4, 0.5) is 5.69 Å². The molecule has 2 rings (SSSR count). The summed E-state index contributed by atoms with van der Waals surface area (Å²) in [6.45, 7) is 6.39. The number of hydrogen-bond acceptors (Lipinski definition) is 5. The molecule has 1 aliphatic rings. The van der Waals surface area contributed by atoms with Gasteiger partial charge in [0.05, 0.1) is 17.9 Å². The molecule has 1 aromatic rings. The molecule has 0 aromatic heterocycles. The van der Waals surface area contributed by atoms with E-state index in [-0.39, 0.29) is 17.9 Å². The van der Waals surface area contributed by atoms with E-state index in [2.05, 4.69) is 9.71 Å². The van der Waals surface area contributed by atoms with E-state index < -0.39 is 28.6 Å². The van der Waals surface area contributed by atoms with Crippen LogP contribution in [0.15, 0.2) is 34.4 Å². The molecule has 0 unspecified atom stereocenters. The Hall–Kier alpha value is -2.68. The van der Waals surface area contributed by atoms with Crippen molar-refractivity contribution in [1.82, 2.24) is 4.31 Å². The SMILES string of the molecule is CCOC(=O)C1=CN(CC(=O)Nc2cc(C)ccc2C)S(=O)(=O)N=C1C. The molecule has 1 amide bonds. The van der Waals surface area contributed by atoms with Gasteiger partial charge in [0.2, 0.25) is 5.91 Å². The minimum atomic E-state index is -4.08. The van der Waals surface area contributed by atoms with Gasteiger partial charge in [0.1, 0.15) is 6.54 Å². The summed E-state index contributed by atoms with van der Waals surface area (Å²) in [4.78, 5) is 24.2. The molecule has 0 bridgehead atoms. The number of ether oxygens (including phenoxy) is 1. The predicted molar refractivity (Wildman–Crippen MR) is 98.0 cm³/mol. The summed E-state index contributed by atoms with van der Waals surface area (Å²) in [6.07, 6.45) is 1.08. The first-order valence-electron chi connectivity index (χ1n) is 7.98. The lowest BCUT2D eigenvalue weighted by Crippen LogP contribution is -2.37. The average molecular weight is 379 g/mol. The summed E-state index contributed by atoms with van der Waals surface area (Å²) in [5, 5.41) is 2.68. The van der Waals surface area contributed by atoms with Gasteiger partial charge in [0.15, 0.2) is 0 Å². The van der Waals surface area contributed by atoms with Gasteiger partial charge in [-0.05, 0) is 44.9 Å². The summed E-state index contributed by atoms with van der Waals surface area (Å²) in [5.74, 6) is -1.24. The van der Waals surface area contributed by atoms with Crippen LogP contribution in [0.3, 0.4) is 0 Å². The molecule has 140 valence electrons. The topological polar surface area (TPSA) is 105 Å². The summed E-state index contributed by atoms with van der Waals surface area (Å²) in [6, 6.07) is 5.56. The summed E-state index contributed by atoms with van der Waals surface area (Å²) >= 11 is 0. The van der Waals surface area contributed by atoms with E-state index in [1.807, 2.05) is 26.0 Å². The van der Waals surface area contributed by atoms with Gasteiger partial charge in [-0.1, -0.05) is 12.1 Å². The van der Waals surface area contributed by atoms with Gasteiger partial charge in [-0.15, -0.1) is 4.40 Å². The Kier molecular flexibility index (Phi) is 5.81. The Bertz CT molecular complexity index is 903. The Morgan fingerprint density at radius 3 is 2.58 bits per heavy atom.